The normalized spacial score (nSPS) is 14.8. The molecule has 0 saturated carbocycles. The molecule has 2 amide bonds. The topological polar surface area (TPSA) is 86.7 Å². The summed E-state index contributed by atoms with van der Waals surface area (Å²) in [6.07, 6.45) is 2.25. The lowest BCUT2D eigenvalue weighted by atomic mass is 9.82. The van der Waals surface area contributed by atoms with E-state index in [0.29, 0.717) is 37.1 Å². The zero-order valence-electron chi connectivity index (χ0n) is 14.2. The van der Waals surface area contributed by atoms with Crippen LogP contribution in [0.3, 0.4) is 0 Å². The molecule has 2 N–H and O–H groups in total. The summed E-state index contributed by atoms with van der Waals surface area (Å²) < 4.78 is 0. The Bertz CT molecular complexity index is 638. The van der Waals surface area contributed by atoms with Gasteiger partial charge in [0.15, 0.2) is 0 Å². The van der Waals surface area contributed by atoms with Crippen molar-refractivity contribution in [3.8, 4) is 0 Å². The molecular weight excluding hydrogens is 308 g/mol. The van der Waals surface area contributed by atoms with Gasteiger partial charge in [-0.25, -0.2) is 0 Å². The third kappa shape index (κ3) is 3.58. The van der Waals surface area contributed by atoms with Crippen LogP contribution in [0.2, 0.25) is 0 Å². The van der Waals surface area contributed by atoms with E-state index in [0.717, 1.165) is 6.42 Å². The zero-order chi connectivity index (χ0) is 17.7. The molecule has 0 radical (unpaired) electrons. The summed E-state index contributed by atoms with van der Waals surface area (Å²) in [5, 5.41) is 12.2. The van der Waals surface area contributed by atoms with Crippen LogP contribution in [-0.2, 0) is 9.59 Å². The van der Waals surface area contributed by atoms with Crippen LogP contribution in [0.15, 0.2) is 24.3 Å². The second kappa shape index (κ2) is 7.47. The van der Waals surface area contributed by atoms with E-state index in [1.54, 1.807) is 29.2 Å². The van der Waals surface area contributed by atoms with Gasteiger partial charge in [-0.05, 0) is 37.5 Å². The summed E-state index contributed by atoms with van der Waals surface area (Å²) in [4.78, 5) is 37.4. The van der Waals surface area contributed by atoms with E-state index >= 15 is 0 Å². The highest BCUT2D eigenvalue weighted by molar-refractivity contribution is 5.99. The van der Waals surface area contributed by atoms with Crippen molar-refractivity contribution in [1.29, 1.82) is 0 Å². The minimum atomic E-state index is -0.946. The van der Waals surface area contributed by atoms with Gasteiger partial charge in [-0.1, -0.05) is 19.9 Å². The standard InChI is InChI=1S/C18H24N2O4/c1-3-18(4-2,17(23)24)12-19-16(22)13-7-5-8-14(11-13)20-10-6-9-15(20)21/h5,7-8,11H,3-4,6,9-10,12H2,1-2H3,(H,19,22)(H,23,24). The molecule has 0 spiro atoms. The Balaban J connectivity index is 2.10. The van der Waals surface area contributed by atoms with Gasteiger partial charge in [0.1, 0.15) is 0 Å². The zero-order valence-corrected chi connectivity index (χ0v) is 14.2. The molecule has 1 saturated heterocycles. The number of anilines is 1. The molecule has 130 valence electrons. The first-order valence-electron chi connectivity index (χ1n) is 8.35. The van der Waals surface area contributed by atoms with Crippen LogP contribution in [0, 0.1) is 5.41 Å². The van der Waals surface area contributed by atoms with Gasteiger partial charge in [0, 0.05) is 30.8 Å². The van der Waals surface area contributed by atoms with Gasteiger partial charge in [0.05, 0.1) is 5.41 Å². The molecule has 6 nitrogen and oxygen atoms in total. The summed E-state index contributed by atoms with van der Waals surface area (Å²) in [5.41, 5.74) is 0.192. The molecule has 0 atom stereocenters. The van der Waals surface area contributed by atoms with Crippen LogP contribution >= 0.6 is 0 Å². The maximum absolute atomic E-state index is 12.4. The van der Waals surface area contributed by atoms with Crippen molar-refractivity contribution in [3.63, 3.8) is 0 Å². The number of carboxylic acid groups (broad SMARTS) is 1. The van der Waals surface area contributed by atoms with Gasteiger partial charge in [-0.15, -0.1) is 0 Å². The molecular formula is C18H24N2O4. The van der Waals surface area contributed by atoms with Crippen molar-refractivity contribution in [1.82, 2.24) is 5.32 Å². The Labute approximate surface area is 141 Å². The molecule has 1 aromatic rings. The van der Waals surface area contributed by atoms with Crippen molar-refractivity contribution in [3.05, 3.63) is 29.8 Å². The number of carbonyl (C=O) groups is 3. The average Bonchev–Trinajstić information content (AvgIpc) is 3.02. The molecule has 1 fully saturated rings. The maximum atomic E-state index is 12.4. The van der Waals surface area contributed by atoms with Crippen LogP contribution in [0.5, 0.6) is 0 Å². The van der Waals surface area contributed by atoms with Crippen molar-refractivity contribution < 1.29 is 19.5 Å². The lowest BCUT2D eigenvalue weighted by Crippen LogP contribution is -2.42. The van der Waals surface area contributed by atoms with Gasteiger partial charge in [-0.2, -0.15) is 0 Å². The molecule has 1 aromatic carbocycles. The fourth-order valence-electron chi connectivity index (χ4n) is 2.97. The van der Waals surface area contributed by atoms with Gasteiger partial charge < -0.3 is 15.3 Å². The summed E-state index contributed by atoms with van der Waals surface area (Å²) in [7, 11) is 0. The fourth-order valence-corrected chi connectivity index (χ4v) is 2.97. The highest BCUT2D eigenvalue weighted by atomic mass is 16.4. The van der Waals surface area contributed by atoms with Crippen LogP contribution < -0.4 is 10.2 Å². The quantitative estimate of drug-likeness (QED) is 0.803. The minimum Gasteiger partial charge on any atom is -0.481 e. The van der Waals surface area contributed by atoms with E-state index in [2.05, 4.69) is 5.32 Å². The molecule has 0 unspecified atom stereocenters. The monoisotopic (exact) mass is 332 g/mol. The molecule has 0 aliphatic carbocycles. The Morgan fingerprint density at radius 2 is 2.00 bits per heavy atom. The van der Waals surface area contributed by atoms with Crippen molar-refractivity contribution in [2.75, 3.05) is 18.0 Å². The largest absolute Gasteiger partial charge is 0.481 e. The van der Waals surface area contributed by atoms with E-state index in [9.17, 15) is 19.5 Å². The number of nitrogens with zero attached hydrogens (tertiary/aromatic N) is 1. The Morgan fingerprint density at radius 1 is 1.29 bits per heavy atom. The Morgan fingerprint density at radius 3 is 2.54 bits per heavy atom. The predicted octanol–water partition coefficient (Wildman–Crippen LogP) is 2.43. The maximum Gasteiger partial charge on any atom is 0.311 e. The van der Waals surface area contributed by atoms with E-state index in [4.69, 9.17) is 0 Å². The number of amides is 2. The smallest absolute Gasteiger partial charge is 0.311 e. The first-order valence-corrected chi connectivity index (χ1v) is 8.35. The number of hydrogen-bond donors (Lipinski definition) is 2. The lowest BCUT2D eigenvalue weighted by molar-refractivity contribution is -0.149. The third-order valence-corrected chi connectivity index (χ3v) is 4.89. The van der Waals surface area contributed by atoms with E-state index < -0.39 is 11.4 Å². The molecule has 0 aromatic heterocycles. The van der Waals surface area contributed by atoms with Gasteiger partial charge in [-0.3, -0.25) is 14.4 Å². The van der Waals surface area contributed by atoms with Gasteiger partial charge in [0.25, 0.3) is 5.91 Å². The number of nitrogens with one attached hydrogen (secondary N) is 1. The summed E-state index contributed by atoms with van der Waals surface area (Å²) in [6.45, 7) is 4.37. The predicted molar refractivity (Wildman–Crippen MR) is 91.0 cm³/mol. The summed E-state index contributed by atoms with van der Waals surface area (Å²) >= 11 is 0. The van der Waals surface area contributed by atoms with Crippen molar-refractivity contribution >= 4 is 23.5 Å². The molecule has 1 heterocycles. The first-order chi connectivity index (χ1) is 11.4. The second-order valence-corrected chi connectivity index (χ2v) is 6.17. The molecule has 0 bridgehead atoms. The number of hydrogen-bond acceptors (Lipinski definition) is 3. The van der Waals surface area contributed by atoms with Gasteiger partial charge >= 0.3 is 5.97 Å². The highest BCUT2D eigenvalue weighted by Gasteiger charge is 2.35. The summed E-state index contributed by atoms with van der Waals surface area (Å²) in [5.74, 6) is -1.16. The van der Waals surface area contributed by atoms with E-state index in [1.807, 2.05) is 13.8 Å². The third-order valence-electron chi connectivity index (χ3n) is 4.89. The molecule has 24 heavy (non-hydrogen) atoms. The van der Waals surface area contributed by atoms with Gasteiger partial charge in [0.2, 0.25) is 5.91 Å². The second-order valence-electron chi connectivity index (χ2n) is 6.17. The number of rotatable bonds is 7. The SMILES string of the molecule is CCC(CC)(CNC(=O)c1cccc(N2CCCC2=O)c1)C(=O)O. The molecule has 2 rings (SSSR count). The van der Waals surface area contributed by atoms with E-state index in [-0.39, 0.29) is 18.4 Å². The molecule has 1 aliphatic rings. The van der Waals surface area contributed by atoms with Crippen LogP contribution in [0.1, 0.15) is 49.9 Å². The lowest BCUT2D eigenvalue weighted by Gasteiger charge is -2.27. The number of carboxylic acids is 1. The minimum absolute atomic E-state index is 0.0643. The number of aliphatic carboxylic acids is 1. The number of carbonyl (C=O) groups excluding carboxylic acids is 2. The average molecular weight is 332 g/mol. The van der Waals surface area contributed by atoms with Crippen LogP contribution in [0.4, 0.5) is 5.69 Å². The fraction of sp³-hybridized carbons (Fsp3) is 0.500. The Kier molecular flexibility index (Phi) is 5.59. The van der Waals surface area contributed by atoms with Crippen LogP contribution in [-0.4, -0.2) is 36.0 Å². The molecule has 6 heteroatoms. The van der Waals surface area contributed by atoms with Crippen molar-refractivity contribution in [2.45, 2.75) is 39.5 Å². The molecule has 1 aliphatic heterocycles. The summed E-state index contributed by atoms with van der Waals surface area (Å²) in [6, 6.07) is 6.89. The number of benzene rings is 1. The van der Waals surface area contributed by atoms with E-state index in [1.165, 1.54) is 0 Å². The highest BCUT2D eigenvalue weighted by Crippen LogP contribution is 2.26. The van der Waals surface area contributed by atoms with Crippen molar-refractivity contribution in [2.24, 2.45) is 5.41 Å². The first kappa shape index (κ1) is 18.0. The Hall–Kier alpha value is -2.37. The van der Waals surface area contributed by atoms with Crippen LogP contribution in [0.25, 0.3) is 0 Å².